The summed E-state index contributed by atoms with van der Waals surface area (Å²) in [6.45, 7) is 7.33. The number of carbonyl (C=O) groups is 12. The molecule has 7 rings (SSSR count). The van der Waals surface area contributed by atoms with Crippen LogP contribution in [0.1, 0.15) is 182 Å². The van der Waals surface area contributed by atoms with Crippen molar-refractivity contribution >= 4 is 70.9 Å². The molecule has 11 atom stereocenters. The second-order valence-corrected chi connectivity index (χ2v) is 31.7. The average molecular weight is 1500 g/mol. The van der Waals surface area contributed by atoms with Crippen LogP contribution in [-0.4, -0.2) is 282 Å². The minimum absolute atomic E-state index is 0.00173. The second-order valence-electron chi connectivity index (χ2n) is 31.7. The van der Waals surface area contributed by atoms with Gasteiger partial charge in [0, 0.05) is 75.5 Å². The molecule has 4 saturated carbocycles. The molecule has 0 radical (unpaired) electrons. The largest absolute Gasteiger partial charge is 0.397 e. The smallest absolute Gasteiger partial charge is 0.377 e. The van der Waals surface area contributed by atoms with E-state index in [2.05, 4.69) is 28.8 Å². The SMILES string of the molecule is C#CCN1CC(=O)N(C)[C@H]2C/C=C\CCN(C2=O)[C@@H](CC2CCC(C)CC2)C(=O)N(C)CC(=O)N[C@@H](CCC2CC(F)C(C(F)(F)F)C(F)C2)C(=O)N2C[C@H](OCC)C[C@H]2C(=O)NC2(CCC2)C(=O)N(C)[C@@H](C2CCCC2)C(=O)N(C)[C@H](C(=O)N(C)C)CC(=O)N(C)[C@@H](CCC)C(=O)N[C@@H](CC(C)C)C1=O. The third-order valence-corrected chi connectivity index (χ3v) is 23.3. The van der Waals surface area contributed by atoms with Gasteiger partial charge in [-0.25, -0.2) is 8.78 Å². The first-order valence-corrected chi connectivity index (χ1v) is 38.4. The zero-order chi connectivity index (χ0) is 78.4. The third kappa shape index (κ3) is 21.1. The number of amides is 12. The van der Waals surface area contributed by atoms with Crippen LogP contribution < -0.4 is 16.0 Å². The van der Waals surface area contributed by atoms with Gasteiger partial charge in [0.15, 0.2) is 0 Å². The van der Waals surface area contributed by atoms with Crippen molar-refractivity contribution in [2.45, 2.75) is 261 Å². The number of nitrogens with zero attached hydrogens (tertiary/aromatic N) is 9. The molecule has 0 aromatic heterocycles. The Morgan fingerprint density at radius 3 is 1.92 bits per heavy atom. The first-order valence-electron chi connectivity index (χ1n) is 38.4. The summed E-state index contributed by atoms with van der Waals surface area (Å²) in [5, 5.41) is 8.53. The van der Waals surface area contributed by atoms with Crippen molar-refractivity contribution in [3.8, 4) is 12.3 Å². The average Bonchev–Trinajstić information content (AvgIpc) is 1.13. The molecule has 25 nitrogen and oxygen atoms in total. The molecule has 0 aromatic rings. The maximum Gasteiger partial charge on any atom is 0.397 e. The van der Waals surface area contributed by atoms with E-state index in [1.54, 1.807) is 19.9 Å². The number of rotatable bonds is 14. The summed E-state index contributed by atoms with van der Waals surface area (Å²) in [4.78, 5) is 192. The molecule has 4 aliphatic carbocycles. The molecule has 3 aliphatic heterocycles. The molecule has 2 unspecified atom stereocenters. The maximum absolute atomic E-state index is 15.5. The van der Waals surface area contributed by atoms with Gasteiger partial charge in [-0.05, 0) is 126 Å². The molecule has 106 heavy (non-hydrogen) atoms. The summed E-state index contributed by atoms with van der Waals surface area (Å²) in [6.07, 6.45) is 2.44. The Morgan fingerprint density at radius 1 is 0.698 bits per heavy atom. The van der Waals surface area contributed by atoms with Gasteiger partial charge in [-0.15, -0.1) is 6.42 Å². The summed E-state index contributed by atoms with van der Waals surface area (Å²) in [6, 6.07) is -10.8. The third-order valence-electron chi connectivity index (χ3n) is 23.3. The van der Waals surface area contributed by atoms with Crippen molar-refractivity contribution in [1.82, 2.24) is 60.0 Å². The Morgan fingerprint density at radius 2 is 1.35 bits per heavy atom. The Hall–Kier alpha value is -7.45. The predicted molar refractivity (Wildman–Crippen MR) is 384 cm³/mol. The quantitative estimate of drug-likeness (QED) is 0.109. The number of alkyl halides is 5. The Bertz CT molecular complexity index is 3200. The van der Waals surface area contributed by atoms with Crippen molar-refractivity contribution in [1.29, 1.82) is 0 Å². The van der Waals surface area contributed by atoms with Gasteiger partial charge in [0.1, 0.15) is 78.7 Å². The molecule has 7 aliphatic rings. The highest BCUT2D eigenvalue weighted by Crippen LogP contribution is 2.45. The number of fused-ring (bicyclic) bond motifs is 3. The summed E-state index contributed by atoms with van der Waals surface area (Å²) in [5.74, 6) is -10.6. The van der Waals surface area contributed by atoms with Crippen molar-refractivity contribution in [2.24, 2.45) is 35.5 Å². The fourth-order valence-electron chi connectivity index (χ4n) is 16.9. The number of hydrogen-bond acceptors (Lipinski definition) is 13. The zero-order valence-electron chi connectivity index (χ0n) is 64.3. The summed E-state index contributed by atoms with van der Waals surface area (Å²) < 4.78 is 78.9. The van der Waals surface area contributed by atoms with Crippen LogP contribution in [0.25, 0.3) is 0 Å². The van der Waals surface area contributed by atoms with Crippen molar-refractivity contribution < 1.29 is 84.2 Å². The minimum Gasteiger partial charge on any atom is -0.377 e. The van der Waals surface area contributed by atoms with Crippen LogP contribution in [0.4, 0.5) is 22.0 Å². The molecule has 3 N–H and O–H groups in total. The molecule has 6 fully saturated rings. The van der Waals surface area contributed by atoms with Gasteiger partial charge in [0.2, 0.25) is 70.9 Å². The monoisotopic (exact) mass is 1500 g/mol. The number of hydrogen-bond donors (Lipinski definition) is 3. The highest BCUT2D eigenvalue weighted by molar-refractivity contribution is 6.01. The van der Waals surface area contributed by atoms with E-state index in [0.717, 1.165) is 27.5 Å². The van der Waals surface area contributed by atoms with Crippen LogP contribution >= 0.6 is 0 Å². The number of likely N-dealkylation sites (N-methyl/N-ethyl adjacent to an activating group) is 6. The lowest BCUT2D eigenvalue weighted by molar-refractivity contribution is -0.219. The molecular formula is C76H117F5N12O13. The molecule has 2 bridgehead atoms. The van der Waals surface area contributed by atoms with Crippen molar-refractivity contribution in [3.05, 3.63) is 12.2 Å². The topological polar surface area (TPSA) is 279 Å². The zero-order valence-corrected chi connectivity index (χ0v) is 64.3. The maximum atomic E-state index is 15.5. The molecule has 594 valence electrons. The van der Waals surface area contributed by atoms with Crippen LogP contribution in [-0.2, 0) is 62.3 Å². The fourth-order valence-corrected chi connectivity index (χ4v) is 16.9. The summed E-state index contributed by atoms with van der Waals surface area (Å²) >= 11 is 0. The second kappa shape index (κ2) is 38.1. The van der Waals surface area contributed by atoms with Gasteiger partial charge in [0.25, 0.3) is 0 Å². The van der Waals surface area contributed by atoms with E-state index >= 15 is 37.5 Å². The molecule has 3 heterocycles. The molecule has 1 spiro atoms. The van der Waals surface area contributed by atoms with Gasteiger partial charge in [0.05, 0.1) is 25.6 Å². The highest BCUT2D eigenvalue weighted by atomic mass is 19.4. The Kier molecular flexibility index (Phi) is 30.8. The standard InChI is InChI=1S/C76H117F5N12O13/c1-14-23-56-66(97)83-55(37-46(4)5)68(99)91(35-15-2)45-63(96)88(11)57-26-18-17-21-36-92(72(57)103)60(40-48-29-27-47(6)28-30-48)71(102)86(9)44-61(94)82-54(32-31-49-38-52(77)64(53(78)39-49)76(79,80)81)69(100)93-43-51(106-16-3)41-58(93)67(98)84-75(33-22-34-75)74(105)90(13)65(50-24-19-20-25-50)73(104)89(12)59(70(101)85(7)8)42-62(95)87(56)10/h2,17-18,46-60,64-65H,14,16,19-45H2,1,3-13H3,(H,82,94)(H,83,97)(H,84,98)/b18-17-/t47?,48?,49?,51-,52?,53?,54+,55+,56+,57+,58+,59+,60+,64?,65+/m1/s1. The van der Waals surface area contributed by atoms with Crippen LogP contribution in [0.2, 0.25) is 0 Å². The lowest BCUT2D eigenvalue weighted by Gasteiger charge is -2.46. The minimum atomic E-state index is -5.18. The van der Waals surface area contributed by atoms with E-state index in [4.69, 9.17) is 11.2 Å². The summed E-state index contributed by atoms with van der Waals surface area (Å²) in [5.41, 5.74) is -1.65. The van der Waals surface area contributed by atoms with Crippen LogP contribution in [0, 0.1) is 47.9 Å². The molecule has 12 amide bonds. The van der Waals surface area contributed by atoms with E-state index in [0.29, 0.717) is 63.7 Å². The van der Waals surface area contributed by atoms with E-state index in [-0.39, 0.29) is 82.9 Å². The first-order chi connectivity index (χ1) is 50.0. The normalized spacial score (nSPS) is 31.8. The van der Waals surface area contributed by atoms with Crippen LogP contribution in [0.5, 0.6) is 0 Å². The number of halogens is 5. The number of ether oxygens (including phenoxy) is 1. The number of terminal acetylenes is 1. The molecule has 2 saturated heterocycles. The van der Waals surface area contributed by atoms with Gasteiger partial charge in [-0.3, -0.25) is 57.5 Å². The predicted octanol–water partition coefficient (Wildman–Crippen LogP) is 5.57. The van der Waals surface area contributed by atoms with E-state index in [1.165, 1.54) is 78.7 Å². The lowest BCUT2D eigenvalue weighted by atomic mass is 9.74. The molecular weight excluding hydrogens is 1380 g/mol. The van der Waals surface area contributed by atoms with E-state index in [9.17, 15) is 41.9 Å². The van der Waals surface area contributed by atoms with Gasteiger partial charge >= 0.3 is 6.18 Å². The van der Waals surface area contributed by atoms with Crippen LogP contribution in [0.15, 0.2) is 12.2 Å². The van der Waals surface area contributed by atoms with E-state index < -0.39 is 212 Å². The first kappa shape index (κ1) is 85.8. The summed E-state index contributed by atoms with van der Waals surface area (Å²) in [7, 11) is 9.82. The van der Waals surface area contributed by atoms with Crippen LogP contribution in [0.3, 0.4) is 0 Å². The Labute approximate surface area is 622 Å². The fraction of sp³-hybridized carbons (Fsp3) is 0.789. The van der Waals surface area contributed by atoms with Crippen molar-refractivity contribution in [3.63, 3.8) is 0 Å². The highest BCUT2D eigenvalue weighted by Gasteiger charge is 2.56. The Balaban J connectivity index is 1.33. The van der Waals surface area contributed by atoms with Gasteiger partial charge in [-0.1, -0.05) is 90.7 Å². The number of carbonyl (C=O) groups excluding carboxylic acids is 12. The number of nitrogens with one attached hydrogen (secondary N) is 3. The van der Waals surface area contributed by atoms with Gasteiger partial charge < -0.3 is 64.8 Å². The molecule has 0 aromatic carbocycles. The molecule has 30 heteroatoms. The van der Waals surface area contributed by atoms with Gasteiger partial charge in [-0.2, -0.15) is 13.2 Å². The van der Waals surface area contributed by atoms with E-state index in [1.807, 2.05) is 19.9 Å². The lowest BCUT2D eigenvalue weighted by Crippen LogP contribution is -2.68. The van der Waals surface area contributed by atoms with Crippen molar-refractivity contribution in [2.75, 3.05) is 88.7 Å².